The molecule has 0 radical (unpaired) electrons. The van der Waals surface area contributed by atoms with Crippen molar-refractivity contribution < 1.29 is 19.0 Å². The number of ether oxygens (including phenoxy) is 3. The number of carbonyl (C=O) groups is 1. The van der Waals surface area contributed by atoms with E-state index in [1.165, 1.54) is 10.6 Å². The molecule has 0 saturated heterocycles. The average molecular weight is 454 g/mol. The molecule has 4 aromatic rings. The van der Waals surface area contributed by atoms with Crippen LogP contribution in [0, 0.1) is 0 Å². The van der Waals surface area contributed by atoms with Crippen LogP contribution in [-0.4, -0.2) is 17.3 Å². The predicted molar refractivity (Wildman–Crippen MR) is 128 cm³/mol. The Bertz CT molecular complexity index is 1380. The van der Waals surface area contributed by atoms with E-state index in [0.717, 1.165) is 11.1 Å². The molecular formula is C27H22N2O5. The summed E-state index contributed by atoms with van der Waals surface area (Å²) < 4.78 is 18.1. The van der Waals surface area contributed by atoms with Gasteiger partial charge in [-0.25, -0.2) is 0 Å². The topological polar surface area (TPSA) is 78.8 Å². The summed E-state index contributed by atoms with van der Waals surface area (Å²) in [7, 11) is 0. The molecule has 0 atom stereocenters. The number of anilines is 1. The lowest BCUT2D eigenvalue weighted by molar-refractivity contribution is 0.102. The highest BCUT2D eigenvalue weighted by Gasteiger charge is 2.15. The Morgan fingerprint density at radius 2 is 1.71 bits per heavy atom. The molecule has 0 bridgehead atoms. The molecule has 1 aliphatic heterocycles. The highest BCUT2D eigenvalue weighted by molar-refractivity contribution is 6.04. The summed E-state index contributed by atoms with van der Waals surface area (Å²) in [5, 5.41) is 2.82. The SMILES string of the molecule is O=C(Nc1cccc(COc2ccc3c(c2)OCO3)c1)c1cccn(Cc2ccccc2)c1=O. The Morgan fingerprint density at radius 3 is 2.59 bits per heavy atom. The molecule has 7 heteroatoms. The minimum absolute atomic E-state index is 0.0837. The largest absolute Gasteiger partial charge is 0.489 e. The molecule has 0 saturated carbocycles. The molecule has 1 aromatic heterocycles. The van der Waals surface area contributed by atoms with Gasteiger partial charge in [0.1, 0.15) is 17.9 Å². The lowest BCUT2D eigenvalue weighted by atomic mass is 10.2. The van der Waals surface area contributed by atoms with E-state index in [9.17, 15) is 9.59 Å². The van der Waals surface area contributed by atoms with Gasteiger partial charge < -0.3 is 24.1 Å². The van der Waals surface area contributed by atoms with E-state index >= 15 is 0 Å². The summed E-state index contributed by atoms with van der Waals surface area (Å²) in [5.41, 5.74) is 2.17. The second kappa shape index (κ2) is 9.54. The molecule has 0 unspecified atom stereocenters. The Balaban J connectivity index is 1.26. The lowest BCUT2D eigenvalue weighted by Crippen LogP contribution is -2.29. The van der Waals surface area contributed by atoms with Crippen molar-refractivity contribution in [2.24, 2.45) is 0 Å². The Kier molecular flexibility index (Phi) is 5.99. The van der Waals surface area contributed by atoms with Crippen LogP contribution in [0.3, 0.4) is 0 Å². The summed E-state index contributed by atoms with van der Waals surface area (Å²) in [6, 6.07) is 25.6. The molecule has 1 N–H and O–H groups in total. The van der Waals surface area contributed by atoms with Gasteiger partial charge >= 0.3 is 0 Å². The number of nitrogens with one attached hydrogen (secondary N) is 1. The van der Waals surface area contributed by atoms with Crippen molar-refractivity contribution in [3.8, 4) is 17.2 Å². The van der Waals surface area contributed by atoms with Crippen molar-refractivity contribution >= 4 is 11.6 Å². The van der Waals surface area contributed by atoms with Crippen molar-refractivity contribution in [1.29, 1.82) is 0 Å². The normalized spacial score (nSPS) is 11.8. The number of carbonyl (C=O) groups excluding carboxylic acids is 1. The first kappa shape index (κ1) is 21.3. The van der Waals surface area contributed by atoms with E-state index < -0.39 is 5.91 Å². The van der Waals surface area contributed by atoms with Gasteiger partial charge in [0.2, 0.25) is 6.79 Å². The molecule has 0 fully saturated rings. The van der Waals surface area contributed by atoms with Crippen LogP contribution in [0.25, 0.3) is 0 Å². The second-order valence-electron chi connectivity index (χ2n) is 7.80. The van der Waals surface area contributed by atoms with Gasteiger partial charge in [-0.1, -0.05) is 42.5 Å². The molecule has 1 amide bonds. The summed E-state index contributed by atoms with van der Waals surface area (Å²) >= 11 is 0. The van der Waals surface area contributed by atoms with Gasteiger partial charge in [0.25, 0.3) is 11.5 Å². The molecule has 0 spiro atoms. The first-order valence-electron chi connectivity index (χ1n) is 10.8. The van der Waals surface area contributed by atoms with E-state index in [2.05, 4.69) is 5.32 Å². The van der Waals surface area contributed by atoms with Gasteiger partial charge in [-0.05, 0) is 47.5 Å². The molecule has 34 heavy (non-hydrogen) atoms. The third kappa shape index (κ3) is 4.78. The number of aromatic nitrogens is 1. The summed E-state index contributed by atoms with van der Waals surface area (Å²) in [6.07, 6.45) is 1.68. The van der Waals surface area contributed by atoms with Crippen LogP contribution in [0.2, 0.25) is 0 Å². The Hall–Kier alpha value is -4.52. The van der Waals surface area contributed by atoms with Gasteiger partial charge in [0, 0.05) is 18.0 Å². The monoisotopic (exact) mass is 454 g/mol. The fourth-order valence-corrected chi connectivity index (χ4v) is 3.68. The number of fused-ring (bicyclic) bond motifs is 1. The maximum Gasteiger partial charge on any atom is 0.263 e. The number of pyridine rings is 1. The highest BCUT2D eigenvalue weighted by Crippen LogP contribution is 2.35. The van der Waals surface area contributed by atoms with Crippen LogP contribution >= 0.6 is 0 Å². The number of hydrogen-bond donors (Lipinski definition) is 1. The van der Waals surface area contributed by atoms with Crippen LogP contribution in [0.1, 0.15) is 21.5 Å². The molecule has 3 aromatic carbocycles. The third-order valence-corrected chi connectivity index (χ3v) is 5.39. The van der Waals surface area contributed by atoms with Crippen molar-refractivity contribution in [2.75, 3.05) is 12.1 Å². The van der Waals surface area contributed by atoms with Crippen molar-refractivity contribution in [2.45, 2.75) is 13.2 Å². The number of amides is 1. The van der Waals surface area contributed by atoms with Crippen molar-refractivity contribution in [1.82, 2.24) is 4.57 Å². The fraction of sp³-hybridized carbons (Fsp3) is 0.111. The zero-order valence-electron chi connectivity index (χ0n) is 18.3. The van der Waals surface area contributed by atoms with E-state index in [0.29, 0.717) is 36.1 Å². The van der Waals surface area contributed by atoms with E-state index in [-0.39, 0.29) is 17.9 Å². The Labute approximate surface area is 196 Å². The maximum atomic E-state index is 12.9. The number of benzene rings is 3. The smallest absolute Gasteiger partial charge is 0.263 e. The first-order chi connectivity index (χ1) is 16.7. The molecule has 170 valence electrons. The average Bonchev–Trinajstić information content (AvgIpc) is 3.33. The summed E-state index contributed by atoms with van der Waals surface area (Å²) in [6.45, 7) is 0.908. The van der Waals surface area contributed by atoms with Gasteiger partial charge in [-0.15, -0.1) is 0 Å². The zero-order chi connectivity index (χ0) is 23.3. The highest BCUT2D eigenvalue weighted by atomic mass is 16.7. The van der Waals surface area contributed by atoms with Crippen molar-refractivity contribution in [3.05, 3.63) is 118 Å². The second-order valence-corrected chi connectivity index (χ2v) is 7.80. The van der Waals surface area contributed by atoms with Gasteiger partial charge in [-0.2, -0.15) is 0 Å². The molecule has 7 nitrogen and oxygen atoms in total. The number of hydrogen-bond acceptors (Lipinski definition) is 5. The number of nitrogens with zero attached hydrogens (tertiary/aromatic N) is 1. The van der Waals surface area contributed by atoms with E-state index in [4.69, 9.17) is 14.2 Å². The maximum absolute atomic E-state index is 12.9. The molecule has 0 aliphatic carbocycles. The fourth-order valence-electron chi connectivity index (χ4n) is 3.68. The van der Waals surface area contributed by atoms with Crippen LogP contribution in [-0.2, 0) is 13.2 Å². The van der Waals surface area contributed by atoms with Gasteiger partial charge in [0.05, 0.1) is 6.54 Å². The summed E-state index contributed by atoms with van der Waals surface area (Å²) in [5.74, 6) is 1.54. The minimum atomic E-state index is -0.457. The van der Waals surface area contributed by atoms with Crippen LogP contribution in [0.5, 0.6) is 17.2 Å². The molecule has 2 heterocycles. The van der Waals surface area contributed by atoms with E-state index in [1.54, 1.807) is 30.5 Å². The van der Waals surface area contributed by atoms with E-state index in [1.807, 2.05) is 54.6 Å². The quantitative estimate of drug-likeness (QED) is 0.446. The standard InChI is InChI=1S/C27H22N2O5/c30-26(23-10-5-13-29(27(23)31)16-19-6-2-1-3-7-19)28-21-9-4-8-20(14-21)17-32-22-11-12-24-25(15-22)34-18-33-24/h1-15H,16-18H2,(H,28,30). The number of rotatable bonds is 7. The molecule has 1 aliphatic rings. The predicted octanol–water partition coefficient (Wildman–Crippen LogP) is 4.46. The molecular weight excluding hydrogens is 432 g/mol. The Morgan fingerprint density at radius 1 is 0.882 bits per heavy atom. The van der Waals surface area contributed by atoms with Crippen LogP contribution < -0.4 is 25.1 Å². The first-order valence-corrected chi connectivity index (χ1v) is 10.8. The van der Waals surface area contributed by atoms with Crippen LogP contribution in [0.4, 0.5) is 5.69 Å². The van der Waals surface area contributed by atoms with Crippen molar-refractivity contribution in [3.63, 3.8) is 0 Å². The van der Waals surface area contributed by atoms with Gasteiger partial charge in [0.15, 0.2) is 11.5 Å². The van der Waals surface area contributed by atoms with Gasteiger partial charge in [-0.3, -0.25) is 9.59 Å². The minimum Gasteiger partial charge on any atom is -0.489 e. The molecule has 5 rings (SSSR count). The lowest BCUT2D eigenvalue weighted by Gasteiger charge is -2.11. The third-order valence-electron chi connectivity index (χ3n) is 5.39. The van der Waals surface area contributed by atoms with Crippen LogP contribution in [0.15, 0.2) is 95.9 Å². The zero-order valence-corrected chi connectivity index (χ0v) is 18.3. The summed E-state index contributed by atoms with van der Waals surface area (Å²) in [4.78, 5) is 25.7.